The van der Waals surface area contributed by atoms with Crippen molar-refractivity contribution in [3.8, 4) is 11.5 Å². The normalized spacial score (nSPS) is 16.7. The quantitative estimate of drug-likeness (QED) is 0.466. The van der Waals surface area contributed by atoms with Crippen molar-refractivity contribution in [1.82, 2.24) is 14.5 Å². The lowest BCUT2D eigenvalue weighted by Crippen LogP contribution is -2.42. The summed E-state index contributed by atoms with van der Waals surface area (Å²) in [5.41, 5.74) is 1.97. The first-order valence-corrected chi connectivity index (χ1v) is 11.4. The number of para-hydroxylation sites is 2. The minimum atomic E-state index is -0.165. The van der Waals surface area contributed by atoms with Crippen LogP contribution in [0.3, 0.4) is 0 Å². The van der Waals surface area contributed by atoms with Crippen LogP contribution < -0.4 is 9.47 Å². The molecular weight excluding hydrogens is 402 g/mol. The number of amides is 1. The molecule has 170 valence electrons. The van der Waals surface area contributed by atoms with Gasteiger partial charge in [0.15, 0.2) is 0 Å². The van der Waals surface area contributed by atoms with Gasteiger partial charge in [-0.15, -0.1) is 0 Å². The highest BCUT2D eigenvalue weighted by Crippen LogP contribution is 2.34. The molecule has 6 nitrogen and oxygen atoms in total. The summed E-state index contributed by atoms with van der Waals surface area (Å²) in [7, 11) is 1.66. The maximum absolute atomic E-state index is 12.7. The van der Waals surface area contributed by atoms with Gasteiger partial charge in [0.25, 0.3) is 0 Å². The third-order valence-electron chi connectivity index (χ3n) is 6.09. The molecule has 1 aromatic heterocycles. The maximum atomic E-state index is 12.7. The van der Waals surface area contributed by atoms with Crippen molar-refractivity contribution in [2.45, 2.75) is 58.0 Å². The van der Waals surface area contributed by atoms with E-state index in [4.69, 9.17) is 14.5 Å². The molecule has 0 unspecified atom stereocenters. The zero-order valence-electron chi connectivity index (χ0n) is 19.5. The van der Waals surface area contributed by atoms with Crippen LogP contribution in [0.15, 0.2) is 48.5 Å². The first kappa shape index (κ1) is 22.2. The molecule has 0 N–H and O–H groups in total. The second kappa shape index (κ2) is 9.23. The number of carbonyl (C=O) groups excluding carboxylic acids is 1. The number of benzene rings is 2. The Hall–Kier alpha value is -3.02. The number of rotatable bonds is 8. The number of likely N-dealkylation sites (tertiary alicyclic amines) is 1. The number of hydrogen-bond donors (Lipinski definition) is 0. The molecule has 0 aliphatic carbocycles. The maximum Gasteiger partial charge on any atom is 0.223 e. The summed E-state index contributed by atoms with van der Waals surface area (Å²) in [6, 6.07) is 15.9. The van der Waals surface area contributed by atoms with Crippen LogP contribution in [-0.4, -0.2) is 46.2 Å². The Kier molecular flexibility index (Phi) is 6.40. The van der Waals surface area contributed by atoms with Gasteiger partial charge in [0.2, 0.25) is 5.91 Å². The third-order valence-corrected chi connectivity index (χ3v) is 6.09. The summed E-state index contributed by atoms with van der Waals surface area (Å²) < 4.78 is 13.4. The van der Waals surface area contributed by atoms with E-state index in [1.54, 1.807) is 7.11 Å². The largest absolute Gasteiger partial charge is 0.497 e. The molecule has 2 heterocycles. The van der Waals surface area contributed by atoms with Gasteiger partial charge in [0, 0.05) is 31.0 Å². The van der Waals surface area contributed by atoms with Gasteiger partial charge in [-0.2, -0.15) is 0 Å². The van der Waals surface area contributed by atoms with Gasteiger partial charge >= 0.3 is 0 Å². The summed E-state index contributed by atoms with van der Waals surface area (Å²) >= 11 is 0. The van der Waals surface area contributed by atoms with E-state index in [9.17, 15) is 4.79 Å². The highest BCUT2D eigenvalue weighted by atomic mass is 16.5. The number of aromatic nitrogens is 2. The van der Waals surface area contributed by atoms with Crippen LogP contribution in [0.5, 0.6) is 11.5 Å². The number of imidazole rings is 1. The standard InChI is InChI=1S/C26H33N3O3/c1-26(2,3)29-18-19(17-24(29)30)25-27-22-9-5-6-10-23(22)28(25)15-7-8-16-32-21-13-11-20(31-4)12-14-21/h5-6,9-14,19H,7-8,15-18H2,1-4H3/t19-/m0/s1. The Labute approximate surface area is 190 Å². The van der Waals surface area contributed by atoms with Crippen LogP contribution >= 0.6 is 0 Å². The van der Waals surface area contributed by atoms with Crippen LogP contribution in [0.1, 0.15) is 51.8 Å². The monoisotopic (exact) mass is 435 g/mol. The molecule has 1 aliphatic rings. The number of methoxy groups -OCH3 is 1. The second-order valence-corrected chi connectivity index (χ2v) is 9.42. The van der Waals surface area contributed by atoms with Gasteiger partial charge in [0.05, 0.1) is 24.8 Å². The Morgan fingerprint density at radius 3 is 2.44 bits per heavy atom. The van der Waals surface area contributed by atoms with Crippen LogP contribution in [0.2, 0.25) is 0 Å². The van der Waals surface area contributed by atoms with Crippen molar-refractivity contribution >= 4 is 16.9 Å². The van der Waals surface area contributed by atoms with E-state index in [0.717, 1.165) is 54.3 Å². The van der Waals surface area contributed by atoms with E-state index in [1.165, 1.54) is 0 Å². The number of nitrogens with zero attached hydrogens (tertiary/aromatic N) is 3. The zero-order valence-corrected chi connectivity index (χ0v) is 19.5. The second-order valence-electron chi connectivity index (χ2n) is 9.42. The fraction of sp³-hybridized carbons (Fsp3) is 0.462. The fourth-order valence-electron chi connectivity index (χ4n) is 4.40. The predicted molar refractivity (Wildman–Crippen MR) is 126 cm³/mol. The Balaban J connectivity index is 1.42. The van der Waals surface area contributed by atoms with Crippen molar-refractivity contribution in [2.75, 3.05) is 20.3 Å². The predicted octanol–water partition coefficient (Wildman–Crippen LogP) is 5.02. The number of carbonyl (C=O) groups is 1. The van der Waals surface area contributed by atoms with Crippen molar-refractivity contribution < 1.29 is 14.3 Å². The summed E-state index contributed by atoms with van der Waals surface area (Å²) in [5.74, 6) is 3.06. The van der Waals surface area contributed by atoms with E-state index >= 15 is 0 Å². The average molecular weight is 436 g/mol. The lowest BCUT2D eigenvalue weighted by Gasteiger charge is -2.32. The molecule has 3 aromatic rings. The Bertz CT molecular complexity index is 1070. The zero-order chi connectivity index (χ0) is 22.7. The van der Waals surface area contributed by atoms with Crippen molar-refractivity contribution in [1.29, 1.82) is 0 Å². The SMILES string of the molecule is COc1ccc(OCCCCn2c([C@H]3CC(=O)N(C(C)(C)C)C3)nc3ccccc32)cc1. The Morgan fingerprint density at radius 2 is 1.75 bits per heavy atom. The molecular formula is C26H33N3O3. The molecule has 1 amide bonds. The molecule has 6 heteroatoms. The summed E-state index contributed by atoms with van der Waals surface area (Å²) in [5, 5.41) is 0. The van der Waals surface area contributed by atoms with Gasteiger partial charge in [-0.05, 0) is 70.0 Å². The van der Waals surface area contributed by atoms with E-state index < -0.39 is 0 Å². The van der Waals surface area contributed by atoms with Gasteiger partial charge in [-0.3, -0.25) is 4.79 Å². The van der Waals surface area contributed by atoms with E-state index in [2.05, 4.69) is 43.5 Å². The molecule has 32 heavy (non-hydrogen) atoms. The van der Waals surface area contributed by atoms with Crippen molar-refractivity contribution in [3.05, 3.63) is 54.4 Å². The van der Waals surface area contributed by atoms with E-state index in [0.29, 0.717) is 13.0 Å². The van der Waals surface area contributed by atoms with Gasteiger partial charge in [-0.1, -0.05) is 12.1 Å². The number of ether oxygens (including phenoxy) is 2. The molecule has 4 rings (SSSR count). The number of unbranched alkanes of at least 4 members (excludes halogenated alkanes) is 1. The van der Waals surface area contributed by atoms with E-state index in [1.807, 2.05) is 35.2 Å². The van der Waals surface area contributed by atoms with Gasteiger partial charge < -0.3 is 18.9 Å². The molecule has 2 aromatic carbocycles. The van der Waals surface area contributed by atoms with Crippen molar-refractivity contribution in [3.63, 3.8) is 0 Å². The molecule has 0 bridgehead atoms. The first-order valence-electron chi connectivity index (χ1n) is 11.4. The molecule has 1 atom stereocenters. The summed E-state index contributed by atoms with van der Waals surface area (Å²) in [6.45, 7) is 8.54. The third kappa shape index (κ3) is 4.74. The summed E-state index contributed by atoms with van der Waals surface area (Å²) in [4.78, 5) is 19.6. The lowest BCUT2D eigenvalue weighted by atomic mass is 10.1. The van der Waals surface area contributed by atoms with Crippen LogP contribution in [0, 0.1) is 0 Å². The number of fused-ring (bicyclic) bond motifs is 1. The van der Waals surface area contributed by atoms with Crippen molar-refractivity contribution in [2.24, 2.45) is 0 Å². The molecule has 1 aliphatic heterocycles. The average Bonchev–Trinajstić information content (AvgIpc) is 3.34. The van der Waals surface area contributed by atoms with Crippen LogP contribution in [0.4, 0.5) is 0 Å². The highest BCUT2D eigenvalue weighted by Gasteiger charge is 2.38. The van der Waals surface area contributed by atoms with Crippen LogP contribution in [0.25, 0.3) is 11.0 Å². The molecule has 1 fully saturated rings. The summed E-state index contributed by atoms with van der Waals surface area (Å²) in [6.07, 6.45) is 2.45. The van der Waals surface area contributed by atoms with Gasteiger partial charge in [0.1, 0.15) is 17.3 Å². The molecule has 1 saturated heterocycles. The number of aryl methyl sites for hydroxylation is 1. The minimum Gasteiger partial charge on any atom is -0.497 e. The minimum absolute atomic E-state index is 0.129. The molecule has 0 saturated carbocycles. The first-order chi connectivity index (χ1) is 15.4. The van der Waals surface area contributed by atoms with Crippen LogP contribution in [-0.2, 0) is 11.3 Å². The van der Waals surface area contributed by atoms with Gasteiger partial charge in [-0.25, -0.2) is 4.98 Å². The number of hydrogen-bond acceptors (Lipinski definition) is 4. The topological polar surface area (TPSA) is 56.6 Å². The smallest absolute Gasteiger partial charge is 0.223 e. The van der Waals surface area contributed by atoms with E-state index in [-0.39, 0.29) is 17.4 Å². The lowest BCUT2D eigenvalue weighted by molar-refractivity contribution is -0.131. The molecule has 0 radical (unpaired) electrons. The highest BCUT2D eigenvalue weighted by molar-refractivity contribution is 5.81. The molecule has 0 spiro atoms. The fourth-order valence-corrected chi connectivity index (χ4v) is 4.40. The Morgan fingerprint density at radius 1 is 1.03 bits per heavy atom.